The number of unbranched alkanes of at least 4 members (excludes halogenated alkanes) is 26. The fraction of sp³-hybridized carbons (Fsp3) is 0.900. The zero-order valence-corrected chi connectivity index (χ0v) is 29.6. The lowest BCUT2D eigenvalue weighted by molar-refractivity contribution is -0.159. The van der Waals surface area contributed by atoms with E-state index in [1.165, 1.54) is 154 Å². The summed E-state index contributed by atoms with van der Waals surface area (Å²) >= 11 is 0. The van der Waals surface area contributed by atoms with Crippen molar-refractivity contribution in [2.24, 2.45) is 11.8 Å². The number of ether oxygens (including phenoxy) is 2. The summed E-state index contributed by atoms with van der Waals surface area (Å²) in [6.45, 7) is 5.48. The minimum atomic E-state index is -0.487. The van der Waals surface area contributed by atoms with Gasteiger partial charge in [0.05, 0.1) is 25.0 Å². The Balaban J connectivity index is 1.99. The maximum atomic E-state index is 12.8. The van der Waals surface area contributed by atoms with E-state index in [1.807, 2.05) is 12.2 Å². The fourth-order valence-corrected chi connectivity index (χ4v) is 6.48. The van der Waals surface area contributed by atoms with Gasteiger partial charge in [0.15, 0.2) is 0 Å². The molecule has 2 atom stereocenters. The number of allylic oxidation sites excluding steroid dienone is 1. The number of hydrogen-bond acceptors (Lipinski definition) is 4. The van der Waals surface area contributed by atoms with Crippen LogP contribution in [0.5, 0.6) is 0 Å². The molecule has 258 valence electrons. The Hall–Kier alpha value is -1.32. The molecule has 1 aliphatic rings. The Kier molecular flexibility index (Phi) is 29.3. The molecule has 0 aromatic heterocycles. The fourth-order valence-electron chi connectivity index (χ4n) is 6.48. The first kappa shape index (κ1) is 40.7. The number of carbonyl (C=O) groups is 2. The van der Waals surface area contributed by atoms with Crippen molar-refractivity contribution in [1.82, 2.24) is 0 Å². The third-order valence-corrected chi connectivity index (χ3v) is 9.48. The Morgan fingerprint density at radius 3 is 1.16 bits per heavy atom. The van der Waals surface area contributed by atoms with Gasteiger partial charge in [0.25, 0.3) is 0 Å². The normalized spacial score (nSPS) is 16.3. The molecule has 0 aliphatic heterocycles. The summed E-state index contributed by atoms with van der Waals surface area (Å²) in [5.41, 5.74) is 0. The van der Waals surface area contributed by atoms with E-state index in [0.29, 0.717) is 19.6 Å². The van der Waals surface area contributed by atoms with Crippen LogP contribution in [-0.2, 0) is 19.1 Å². The maximum absolute atomic E-state index is 12.8. The molecule has 0 amide bonds. The predicted molar refractivity (Wildman–Crippen MR) is 188 cm³/mol. The van der Waals surface area contributed by atoms with Gasteiger partial charge in [-0.1, -0.05) is 193 Å². The van der Waals surface area contributed by atoms with Crippen LogP contribution in [0.4, 0.5) is 0 Å². The van der Waals surface area contributed by atoms with Crippen LogP contribution < -0.4 is 0 Å². The Morgan fingerprint density at radius 2 is 0.795 bits per heavy atom. The van der Waals surface area contributed by atoms with Crippen molar-refractivity contribution in [2.75, 3.05) is 13.2 Å². The predicted octanol–water partition coefficient (Wildman–Crippen LogP) is 12.6. The molecule has 0 radical (unpaired) electrons. The molecule has 0 spiro atoms. The quantitative estimate of drug-likeness (QED) is 0.0427. The second-order valence-electron chi connectivity index (χ2n) is 13.7. The van der Waals surface area contributed by atoms with Crippen LogP contribution in [0.1, 0.15) is 206 Å². The summed E-state index contributed by atoms with van der Waals surface area (Å²) in [5, 5.41) is 0. The van der Waals surface area contributed by atoms with E-state index in [2.05, 4.69) is 13.8 Å². The van der Waals surface area contributed by atoms with Crippen LogP contribution in [0.2, 0.25) is 0 Å². The molecule has 4 heteroatoms. The first-order valence-corrected chi connectivity index (χ1v) is 19.7. The van der Waals surface area contributed by atoms with Crippen molar-refractivity contribution in [3.63, 3.8) is 0 Å². The van der Waals surface area contributed by atoms with E-state index in [0.717, 1.165) is 32.1 Å². The Bertz CT molecular complexity index is 672. The summed E-state index contributed by atoms with van der Waals surface area (Å²) in [6.07, 6.45) is 42.1. The molecule has 44 heavy (non-hydrogen) atoms. The van der Waals surface area contributed by atoms with Gasteiger partial charge in [-0.05, 0) is 25.7 Å². The number of esters is 2. The Morgan fingerprint density at radius 1 is 0.477 bits per heavy atom. The molecule has 1 aliphatic carbocycles. The average Bonchev–Trinajstić information content (AvgIpc) is 3.04. The van der Waals surface area contributed by atoms with Gasteiger partial charge >= 0.3 is 11.9 Å². The maximum Gasteiger partial charge on any atom is 0.313 e. The summed E-state index contributed by atoms with van der Waals surface area (Å²) in [7, 11) is 0. The molecule has 1 rings (SSSR count). The van der Waals surface area contributed by atoms with E-state index in [4.69, 9.17) is 9.47 Å². The van der Waals surface area contributed by atoms with E-state index in [9.17, 15) is 9.59 Å². The first-order valence-electron chi connectivity index (χ1n) is 19.7. The highest BCUT2D eigenvalue weighted by Gasteiger charge is 2.35. The molecule has 0 aromatic carbocycles. The van der Waals surface area contributed by atoms with Crippen molar-refractivity contribution in [1.29, 1.82) is 0 Å². The standard InChI is InChI=1S/C40H74O4/c1-3-5-7-9-11-13-15-17-19-21-23-25-27-31-35-43-39(41)37-33-29-30-34-38(37)40(42)44-36-32-28-26-24-22-20-18-16-14-12-10-8-6-4-2/h29,33,37-38H,3-28,30-32,34-36H2,1-2H3. The topological polar surface area (TPSA) is 52.6 Å². The summed E-state index contributed by atoms with van der Waals surface area (Å²) in [4.78, 5) is 25.6. The zero-order valence-electron chi connectivity index (χ0n) is 29.6. The highest BCUT2D eigenvalue weighted by Crippen LogP contribution is 2.27. The van der Waals surface area contributed by atoms with E-state index >= 15 is 0 Å². The molecular formula is C40H74O4. The van der Waals surface area contributed by atoms with Crippen molar-refractivity contribution in [2.45, 2.75) is 206 Å². The third-order valence-electron chi connectivity index (χ3n) is 9.48. The molecule has 0 saturated heterocycles. The van der Waals surface area contributed by atoms with Gasteiger partial charge in [-0.2, -0.15) is 0 Å². The highest BCUT2D eigenvalue weighted by molar-refractivity contribution is 5.83. The molecule has 0 heterocycles. The zero-order chi connectivity index (χ0) is 31.8. The van der Waals surface area contributed by atoms with E-state index < -0.39 is 11.8 Å². The summed E-state index contributed by atoms with van der Waals surface area (Å²) in [5.74, 6) is -1.36. The van der Waals surface area contributed by atoms with Gasteiger partial charge in [0, 0.05) is 0 Å². The number of hydrogen-bond donors (Lipinski definition) is 0. The van der Waals surface area contributed by atoms with Gasteiger partial charge in [-0.3, -0.25) is 9.59 Å². The van der Waals surface area contributed by atoms with Crippen molar-refractivity contribution >= 4 is 11.9 Å². The van der Waals surface area contributed by atoms with Crippen molar-refractivity contribution in [3.05, 3.63) is 12.2 Å². The van der Waals surface area contributed by atoms with E-state index in [-0.39, 0.29) is 11.9 Å². The third kappa shape index (κ3) is 24.0. The monoisotopic (exact) mass is 619 g/mol. The van der Waals surface area contributed by atoms with Crippen LogP contribution in [-0.4, -0.2) is 25.2 Å². The second kappa shape index (κ2) is 31.7. The summed E-state index contributed by atoms with van der Waals surface area (Å²) in [6, 6.07) is 0. The highest BCUT2D eigenvalue weighted by atomic mass is 16.5. The lowest BCUT2D eigenvalue weighted by Gasteiger charge is -2.24. The molecule has 0 bridgehead atoms. The molecule has 0 fully saturated rings. The van der Waals surface area contributed by atoms with Gasteiger partial charge in [-0.15, -0.1) is 0 Å². The van der Waals surface area contributed by atoms with Crippen LogP contribution >= 0.6 is 0 Å². The van der Waals surface area contributed by atoms with Crippen LogP contribution in [0, 0.1) is 11.8 Å². The first-order chi connectivity index (χ1) is 21.7. The van der Waals surface area contributed by atoms with Gasteiger partial charge in [-0.25, -0.2) is 0 Å². The molecule has 0 aromatic rings. The second-order valence-corrected chi connectivity index (χ2v) is 13.7. The average molecular weight is 619 g/mol. The van der Waals surface area contributed by atoms with Gasteiger partial charge in [0.2, 0.25) is 0 Å². The minimum Gasteiger partial charge on any atom is -0.465 e. The molecule has 0 saturated carbocycles. The van der Waals surface area contributed by atoms with Crippen LogP contribution in [0.3, 0.4) is 0 Å². The number of carbonyl (C=O) groups excluding carboxylic acids is 2. The lowest BCUT2D eigenvalue weighted by atomic mass is 9.84. The smallest absolute Gasteiger partial charge is 0.313 e. The van der Waals surface area contributed by atoms with Crippen LogP contribution in [0.15, 0.2) is 12.2 Å². The molecule has 4 nitrogen and oxygen atoms in total. The summed E-state index contributed by atoms with van der Waals surface area (Å²) < 4.78 is 11.2. The molecule has 2 unspecified atom stereocenters. The minimum absolute atomic E-state index is 0.220. The largest absolute Gasteiger partial charge is 0.465 e. The van der Waals surface area contributed by atoms with Gasteiger partial charge in [0.1, 0.15) is 0 Å². The molecular weight excluding hydrogens is 544 g/mol. The lowest BCUT2D eigenvalue weighted by Crippen LogP contribution is -2.33. The number of rotatable bonds is 32. The SMILES string of the molecule is CCCCCCCCCCCCCCCCOC(=O)C1C=CCCC1C(=O)OCCCCCCCCCCCCCCCC. The molecule has 0 N–H and O–H groups in total. The van der Waals surface area contributed by atoms with Gasteiger partial charge < -0.3 is 9.47 Å². The Labute approximate surface area is 274 Å². The van der Waals surface area contributed by atoms with Crippen molar-refractivity contribution in [3.8, 4) is 0 Å². The van der Waals surface area contributed by atoms with E-state index in [1.54, 1.807) is 0 Å². The van der Waals surface area contributed by atoms with Crippen LogP contribution in [0.25, 0.3) is 0 Å². The van der Waals surface area contributed by atoms with Crippen molar-refractivity contribution < 1.29 is 19.1 Å².